The molecule has 3 aromatic rings. The molecule has 29 heavy (non-hydrogen) atoms. The minimum atomic E-state index is -1.20. The van der Waals surface area contributed by atoms with Gasteiger partial charge < -0.3 is 10.4 Å². The Labute approximate surface area is 169 Å². The maximum atomic E-state index is 12.2. The lowest BCUT2D eigenvalue weighted by atomic mass is 9.97. The number of carbonyl (C=O) groups excluding carboxylic acids is 1. The van der Waals surface area contributed by atoms with Crippen LogP contribution in [-0.4, -0.2) is 24.0 Å². The van der Waals surface area contributed by atoms with E-state index in [9.17, 15) is 14.7 Å². The highest BCUT2D eigenvalue weighted by atomic mass is 16.4. The number of carbonyl (C=O) groups is 2. The summed E-state index contributed by atoms with van der Waals surface area (Å²) < 4.78 is 0. The van der Waals surface area contributed by atoms with Crippen molar-refractivity contribution in [2.75, 3.05) is 7.05 Å². The number of amides is 1. The van der Waals surface area contributed by atoms with E-state index in [4.69, 9.17) is 0 Å². The first kappa shape index (κ1) is 19.5. The average molecular weight is 379 g/mol. The molecule has 0 aliphatic carbocycles. The Morgan fingerprint density at radius 3 is 1.59 bits per heavy atom. The van der Waals surface area contributed by atoms with Gasteiger partial charge in [-0.3, -0.25) is 4.79 Å². The molecule has 4 nitrogen and oxygen atoms in total. The molecular weight excluding hydrogens is 362 g/mol. The van der Waals surface area contributed by atoms with Crippen molar-refractivity contribution in [2.24, 2.45) is 0 Å². The SMILES string of the molecule is CNC(=O)c1cc(C#Cc2ccccc2)c(C#Cc2ccccc2)cc1C(=O)O. The van der Waals surface area contributed by atoms with Crippen molar-refractivity contribution in [3.63, 3.8) is 0 Å². The fraction of sp³-hybridized carbons (Fsp3) is 0.0400. The molecule has 0 fully saturated rings. The predicted octanol–water partition coefficient (Wildman–Crippen LogP) is 3.54. The summed E-state index contributed by atoms with van der Waals surface area (Å²) in [6.07, 6.45) is 0. The standard InChI is InChI=1S/C25H17NO3/c1-26-24(27)22-16-20(14-12-18-8-4-2-5-9-18)21(17-23(22)25(28)29)15-13-19-10-6-3-7-11-19/h2-11,16-17H,1H3,(H,26,27)(H,28,29). The molecule has 0 radical (unpaired) electrons. The summed E-state index contributed by atoms with van der Waals surface area (Å²) in [6.45, 7) is 0. The maximum absolute atomic E-state index is 12.2. The third-order valence-electron chi connectivity index (χ3n) is 4.09. The van der Waals surface area contributed by atoms with Crippen molar-refractivity contribution in [3.8, 4) is 23.7 Å². The second-order valence-corrected chi connectivity index (χ2v) is 6.06. The zero-order valence-electron chi connectivity index (χ0n) is 15.7. The fourth-order valence-electron chi connectivity index (χ4n) is 2.63. The zero-order valence-corrected chi connectivity index (χ0v) is 15.7. The highest BCUT2D eigenvalue weighted by Crippen LogP contribution is 2.17. The van der Waals surface area contributed by atoms with Crippen LogP contribution < -0.4 is 5.32 Å². The number of rotatable bonds is 2. The van der Waals surface area contributed by atoms with Crippen molar-refractivity contribution in [1.29, 1.82) is 0 Å². The summed E-state index contributed by atoms with van der Waals surface area (Å²) in [7, 11) is 1.45. The molecule has 0 spiro atoms. The third kappa shape index (κ3) is 4.91. The summed E-state index contributed by atoms with van der Waals surface area (Å²) in [5.74, 6) is 10.4. The van der Waals surface area contributed by atoms with Crippen molar-refractivity contribution >= 4 is 11.9 Å². The maximum Gasteiger partial charge on any atom is 0.336 e. The van der Waals surface area contributed by atoms with Crippen molar-refractivity contribution < 1.29 is 14.7 Å². The van der Waals surface area contributed by atoms with Gasteiger partial charge in [-0.05, 0) is 36.4 Å². The molecule has 0 saturated carbocycles. The third-order valence-corrected chi connectivity index (χ3v) is 4.09. The zero-order chi connectivity index (χ0) is 20.6. The van der Waals surface area contributed by atoms with Gasteiger partial charge in [0.15, 0.2) is 0 Å². The second kappa shape index (κ2) is 9.08. The molecule has 0 unspecified atom stereocenters. The quantitative estimate of drug-likeness (QED) is 0.670. The molecule has 3 aromatic carbocycles. The van der Waals surface area contributed by atoms with E-state index in [1.54, 1.807) is 0 Å². The predicted molar refractivity (Wildman–Crippen MR) is 112 cm³/mol. The summed E-state index contributed by atoms with van der Waals surface area (Å²) in [5, 5.41) is 12.0. The van der Waals surface area contributed by atoms with Crippen LogP contribution in [-0.2, 0) is 0 Å². The monoisotopic (exact) mass is 379 g/mol. The fourth-order valence-corrected chi connectivity index (χ4v) is 2.63. The number of carboxylic acid groups (broad SMARTS) is 1. The van der Waals surface area contributed by atoms with E-state index in [1.807, 2.05) is 60.7 Å². The van der Waals surface area contributed by atoms with Gasteiger partial charge in [0.2, 0.25) is 0 Å². The smallest absolute Gasteiger partial charge is 0.336 e. The van der Waals surface area contributed by atoms with E-state index in [1.165, 1.54) is 19.2 Å². The molecule has 0 aliphatic heterocycles. The number of hydrogen-bond donors (Lipinski definition) is 2. The molecule has 0 aliphatic rings. The van der Waals surface area contributed by atoms with E-state index in [2.05, 4.69) is 29.0 Å². The van der Waals surface area contributed by atoms with E-state index in [0.29, 0.717) is 11.1 Å². The van der Waals surface area contributed by atoms with Gasteiger partial charge in [-0.2, -0.15) is 0 Å². The summed E-state index contributed by atoms with van der Waals surface area (Å²) >= 11 is 0. The normalized spacial score (nSPS) is 9.41. The Kier molecular flexibility index (Phi) is 6.10. The van der Waals surface area contributed by atoms with Gasteiger partial charge in [0, 0.05) is 29.3 Å². The molecular formula is C25H17NO3. The molecule has 140 valence electrons. The Morgan fingerprint density at radius 2 is 1.17 bits per heavy atom. The van der Waals surface area contributed by atoms with Crippen molar-refractivity contribution in [3.05, 3.63) is 106 Å². The Balaban J connectivity index is 2.17. The van der Waals surface area contributed by atoms with Crippen molar-refractivity contribution in [2.45, 2.75) is 0 Å². The van der Waals surface area contributed by atoms with Gasteiger partial charge in [0.1, 0.15) is 0 Å². The lowest BCUT2D eigenvalue weighted by Gasteiger charge is -2.08. The molecule has 2 N–H and O–H groups in total. The topological polar surface area (TPSA) is 66.4 Å². The summed E-state index contributed by atoms with van der Waals surface area (Å²) in [5.41, 5.74) is 2.46. The molecule has 1 amide bonds. The molecule has 0 saturated heterocycles. The molecule has 0 atom stereocenters. The van der Waals surface area contributed by atoms with Gasteiger partial charge in [-0.15, -0.1) is 0 Å². The van der Waals surface area contributed by atoms with Gasteiger partial charge in [0.25, 0.3) is 5.91 Å². The Bertz CT molecular complexity index is 1170. The van der Waals surface area contributed by atoms with Crippen LogP contribution in [0.15, 0.2) is 72.8 Å². The highest BCUT2D eigenvalue weighted by molar-refractivity contribution is 6.05. The minimum absolute atomic E-state index is 0.0441. The van der Waals surface area contributed by atoms with E-state index >= 15 is 0 Å². The average Bonchev–Trinajstić information content (AvgIpc) is 2.76. The van der Waals surface area contributed by atoms with Crippen LogP contribution in [0, 0.1) is 23.7 Å². The summed E-state index contributed by atoms with van der Waals surface area (Å²) in [6, 6.07) is 21.6. The molecule has 0 aromatic heterocycles. The lowest BCUT2D eigenvalue weighted by Crippen LogP contribution is -2.21. The van der Waals surface area contributed by atoms with Crippen LogP contribution in [0.4, 0.5) is 0 Å². The summed E-state index contributed by atoms with van der Waals surface area (Å²) in [4.78, 5) is 23.9. The van der Waals surface area contributed by atoms with Crippen LogP contribution in [0.5, 0.6) is 0 Å². The second-order valence-electron chi connectivity index (χ2n) is 6.06. The van der Waals surface area contributed by atoms with Crippen LogP contribution >= 0.6 is 0 Å². The van der Waals surface area contributed by atoms with E-state index in [0.717, 1.165) is 11.1 Å². The number of aromatic carboxylic acids is 1. The molecule has 3 rings (SSSR count). The highest BCUT2D eigenvalue weighted by Gasteiger charge is 2.18. The van der Waals surface area contributed by atoms with Gasteiger partial charge in [-0.25, -0.2) is 4.79 Å². The number of hydrogen-bond acceptors (Lipinski definition) is 2. The van der Waals surface area contributed by atoms with Crippen LogP contribution in [0.25, 0.3) is 0 Å². The molecule has 0 heterocycles. The number of benzene rings is 3. The Morgan fingerprint density at radius 1 is 0.724 bits per heavy atom. The van der Waals surface area contributed by atoms with Gasteiger partial charge in [-0.1, -0.05) is 60.1 Å². The Hall–Kier alpha value is -4.28. The van der Waals surface area contributed by atoms with E-state index in [-0.39, 0.29) is 11.1 Å². The van der Waals surface area contributed by atoms with Crippen LogP contribution in [0.1, 0.15) is 43.0 Å². The molecule has 4 heteroatoms. The largest absolute Gasteiger partial charge is 0.478 e. The first-order chi connectivity index (χ1) is 14.1. The van der Waals surface area contributed by atoms with Crippen LogP contribution in [0.3, 0.4) is 0 Å². The van der Waals surface area contributed by atoms with Gasteiger partial charge >= 0.3 is 5.97 Å². The number of carboxylic acids is 1. The lowest BCUT2D eigenvalue weighted by molar-refractivity contribution is 0.0691. The first-order valence-corrected chi connectivity index (χ1v) is 8.86. The van der Waals surface area contributed by atoms with Crippen LogP contribution in [0.2, 0.25) is 0 Å². The number of nitrogens with one attached hydrogen (secondary N) is 1. The van der Waals surface area contributed by atoms with E-state index < -0.39 is 11.9 Å². The van der Waals surface area contributed by atoms with Crippen molar-refractivity contribution in [1.82, 2.24) is 5.32 Å². The first-order valence-electron chi connectivity index (χ1n) is 8.86. The van der Waals surface area contributed by atoms with Gasteiger partial charge in [0.05, 0.1) is 11.1 Å². The minimum Gasteiger partial charge on any atom is -0.478 e. The molecule has 0 bridgehead atoms.